The monoisotopic (exact) mass is 882 g/mol. The molecule has 0 spiro atoms. The first-order valence-corrected chi connectivity index (χ1v) is 25.0. The fraction of sp³-hybridized carbons (Fsp3) is 0.931. The van der Waals surface area contributed by atoms with Crippen LogP contribution >= 0.6 is 43.1 Å². The van der Waals surface area contributed by atoms with E-state index in [1.54, 1.807) is 6.92 Å². The van der Waals surface area contributed by atoms with Gasteiger partial charge in [0.1, 0.15) is 36.6 Å². The Labute approximate surface area is 320 Å². The minimum absolute atomic E-state index is 0.0309. The average molecular weight is 883 g/mol. The number of unbranched alkanes of at least 4 members (excludes halogenated alkanes) is 12. The Balaban J connectivity index is 2.86. The minimum atomic E-state index is -5.65. The smallest absolute Gasteiger partial charge is 0.459 e. The van der Waals surface area contributed by atoms with E-state index in [2.05, 4.69) is 20.5 Å². The molecule has 0 aromatic heterocycles. The predicted molar refractivity (Wildman–Crippen MR) is 195 cm³/mol. The fourth-order valence-corrected chi connectivity index (χ4v) is 9.11. The van der Waals surface area contributed by atoms with Crippen molar-refractivity contribution in [2.75, 3.05) is 12.4 Å². The normalized spacial score (nSPS) is 22.8. The molecule has 8 N–H and O–H groups in total. The number of phosphoric ester groups is 4. The molecular formula is C29H58O20P4S. The van der Waals surface area contributed by atoms with Crippen LogP contribution < -0.4 is 0 Å². The Hall–Kier alpha value is -0.110. The Morgan fingerprint density at radius 2 is 1.11 bits per heavy atom. The summed E-state index contributed by atoms with van der Waals surface area (Å²) in [5.74, 6) is -0.829. The van der Waals surface area contributed by atoms with Gasteiger partial charge in [0.05, 0.1) is 6.61 Å². The van der Waals surface area contributed by atoms with Crippen LogP contribution in [0.15, 0.2) is 0 Å². The average Bonchev–Trinajstić information content (AvgIpc) is 3.03. The Kier molecular flexibility index (Phi) is 25.1. The van der Waals surface area contributed by atoms with Crippen LogP contribution in [0.1, 0.15) is 123 Å². The van der Waals surface area contributed by atoms with Gasteiger partial charge < -0.3 is 44.1 Å². The summed E-state index contributed by atoms with van der Waals surface area (Å²) in [5, 5.41) is 10.5. The zero-order valence-electron chi connectivity index (χ0n) is 30.6. The maximum Gasteiger partial charge on any atom is 0.472 e. The van der Waals surface area contributed by atoms with Crippen LogP contribution in [0, 0.1) is 0 Å². The summed E-state index contributed by atoms with van der Waals surface area (Å²) in [5.41, 5.74) is 0. The summed E-state index contributed by atoms with van der Waals surface area (Å²) in [4.78, 5) is 91.2. The number of hydrogen-bond donors (Lipinski definition) is 8. The van der Waals surface area contributed by atoms with Gasteiger partial charge in [-0.15, -0.1) is 0 Å². The summed E-state index contributed by atoms with van der Waals surface area (Å²) < 4.78 is 76.3. The van der Waals surface area contributed by atoms with E-state index in [4.69, 9.17) is 13.8 Å². The second-order valence-corrected chi connectivity index (χ2v) is 19.0. The van der Waals surface area contributed by atoms with Crippen LogP contribution in [0.4, 0.5) is 0 Å². The lowest BCUT2D eigenvalue weighted by Gasteiger charge is -2.43. The van der Waals surface area contributed by atoms with Gasteiger partial charge >= 0.3 is 37.3 Å². The van der Waals surface area contributed by atoms with Crippen molar-refractivity contribution in [1.29, 1.82) is 0 Å². The van der Waals surface area contributed by atoms with Gasteiger partial charge in [0.15, 0.2) is 5.12 Å². The molecule has 1 fully saturated rings. The lowest BCUT2D eigenvalue weighted by Crippen LogP contribution is -2.58. The number of thioether (sulfide) groups is 1. The van der Waals surface area contributed by atoms with Gasteiger partial charge in [0.25, 0.3) is 0 Å². The van der Waals surface area contributed by atoms with Gasteiger partial charge in [0.2, 0.25) is 0 Å². The zero-order valence-corrected chi connectivity index (χ0v) is 35.0. The summed E-state index contributed by atoms with van der Waals surface area (Å²) in [7, 11) is -22.2. The topological polar surface area (TPSA) is 320 Å². The van der Waals surface area contributed by atoms with Gasteiger partial charge in [-0.05, 0) is 12.8 Å². The summed E-state index contributed by atoms with van der Waals surface area (Å²) in [6.07, 6.45) is 0.918. The van der Waals surface area contributed by atoms with E-state index < -0.39 is 86.9 Å². The fourth-order valence-electron chi connectivity index (χ4n) is 5.56. The molecule has 0 aromatic carbocycles. The third-order valence-electron chi connectivity index (χ3n) is 8.02. The molecule has 0 amide bonds. The van der Waals surface area contributed by atoms with Gasteiger partial charge in [0, 0.05) is 25.0 Å². The maximum absolute atomic E-state index is 13.0. The van der Waals surface area contributed by atoms with Gasteiger partial charge in [-0.2, -0.15) is 0 Å². The predicted octanol–water partition coefficient (Wildman–Crippen LogP) is 5.14. The van der Waals surface area contributed by atoms with E-state index in [1.165, 1.54) is 51.4 Å². The lowest BCUT2D eigenvalue weighted by molar-refractivity contribution is -0.163. The van der Waals surface area contributed by atoms with Gasteiger partial charge in [-0.3, -0.25) is 32.2 Å². The van der Waals surface area contributed by atoms with Crippen LogP contribution in [0.5, 0.6) is 0 Å². The Morgan fingerprint density at radius 1 is 0.630 bits per heavy atom. The van der Waals surface area contributed by atoms with Crippen LogP contribution in [0.25, 0.3) is 0 Å². The van der Waals surface area contributed by atoms with Gasteiger partial charge in [-0.25, -0.2) is 18.3 Å². The van der Waals surface area contributed by atoms with E-state index in [9.17, 15) is 67.2 Å². The number of aliphatic hydroxyl groups excluding tert-OH is 1. The highest BCUT2D eigenvalue weighted by Gasteiger charge is 2.54. The van der Waals surface area contributed by atoms with Crippen molar-refractivity contribution in [2.24, 2.45) is 0 Å². The van der Waals surface area contributed by atoms with Crippen LogP contribution in [-0.2, 0) is 55.2 Å². The van der Waals surface area contributed by atoms with Crippen molar-refractivity contribution < 1.29 is 94.6 Å². The molecule has 0 aliphatic heterocycles. The van der Waals surface area contributed by atoms with Crippen molar-refractivity contribution in [3.63, 3.8) is 0 Å². The molecule has 7 atom stereocenters. The molecule has 1 saturated carbocycles. The number of phosphoric acid groups is 4. The molecule has 0 bridgehead atoms. The van der Waals surface area contributed by atoms with Crippen molar-refractivity contribution in [3.05, 3.63) is 0 Å². The van der Waals surface area contributed by atoms with E-state index in [-0.39, 0.29) is 23.7 Å². The van der Waals surface area contributed by atoms with E-state index in [0.29, 0.717) is 12.8 Å². The van der Waals surface area contributed by atoms with Gasteiger partial charge in [-0.1, -0.05) is 103 Å². The number of carbonyl (C=O) groups is 2. The lowest BCUT2D eigenvalue weighted by atomic mass is 9.87. The molecule has 0 aromatic rings. The standard InChI is InChI=1S/C29H58O20P4S/c1-3-5-6-7-8-9-10-11-12-13-14-15-16-18-25(30)45-22(21-54-26(31)17-4-2)20-44-53(42,43)47-23-19-24(46-50(33,34)35)28(48-51(36,37)38)29(27(23)32)49-52(39,40)41/h22-24,27-29,32H,3-21H2,1-2H3,(H,42,43)(H2,33,34,35)(H2,36,37,38)(H2,39,40,41)/t22-,23?,24+,27-,28?,29-/m0/s1. The molecule has 54 heavy (non-hydrogen) atoms. The molecule has 0 radical (unpaired) electrons. The highest BCUT2D eigenvalue weighted by Crippen LogP contribution is 2.53. The number of carbonyl (C=O) groups excluding carboxylic acids is 2. The molecule has 20 nitrogen and oxygen atoms in total. The molecule has 1 aliphatic carbocycles. The summed E-state index contributed by atoms with van der Waals surface area (Å²) in [6.45, 7) is 3.15. The largest absolute Gasteiger partial charge is 0.472 e. The van der Waals surface area contributed by atoms with Crippen molar-refractivity contribution >= 4 is 54.1 Å². The molecule has 0 heterocycles. The Morgan fingerprint density at radius 3 is 1.59 bits per heavy atom. The first-order chi connectivity index (χ1) is 25.1. The number of ether oxygens (including phenoxy) is 1. The molecule has 3 unspecified atom stereocenters. The second kappa shape index (κ2) is 26.1. The minimum Gasteiger partial charge on any atom is -0.459 e. The van der Waals surface area contributed by atoms with E-state index in [0.717, 1.165) is 37.4 Å². The van der Waals surface area contributed by atoms with Crippen LogP contribution in [0.2, 0.25) is 0 Å². The third kappa shape index (κ3) is 25.3. The zero-order chi connectivity index (χ0) is 41.0. The van der Waals surface area contributed by atoms with E-state index >= 15 is 0 Å². The van der Waals surface area contributed by atoms with Crippen LogP contribution in [-0.4, -0.2) is 99.4 Å². The number of rotatable bonds is 30. The number of esters is 1. The maximum atomic E-state index is 13.0. The highest BCUT2D eigenvalue weighted by atomic mass is 32.2. The molecular weight excluding hydrogens is 824 g/mol. The third-order valence-corrected chi connectivity index (χ3v) is 11.7. The number of aliphatic hydroxyl groups is 1. The van der Waals surface area contributed by atoms with Crippen LogP contribution in [0.3, 0.4) is 0 Å². The number of hydrogen-bond acceptors (Lipinski definition) is 14. The first kappa shape index (κ1) is 51.9. The highest BCUT2D eigenvalue weighted by molar-refractivity contribution is 8.13. The van der Waals surface area contributed by atoms with Crippen molar-refractivity contribution in [2.45, 2.75) is 160 Å². The van der Waals surface area contributed by atoms with Crippen molar-refractivity contribution in [1.82, 2.24) is 0 Å². The first-order valence-electron chi connectivity index (χ1n) is 18.0. The molecule has 1 aliphatic rings. The SMILES string of the molecule is CCCCCCCCCCCCCCCC(=O)O[C@@H](COP(=O)(O)OC1C[C@@H](OP(=O)(O)O)C(OP(=O)(O)O)[C@@H](OP(=O)(O)O)[C@H]1O)CSC(=O)CCC. The molecule has 1 rings (SSSR count). The summed E-state index contributed by atoms with van der Waals surface area (Å²) in [6, 6.07) is 0. The Bertz CT molecular complexity index is 1290. The quantitative estimate of drug-likeness (QED) is 0.0263. The molecule has 320 valence electrons. The van der Waals surface area contributed by atoms with Crippen molar-refractivity contribution in [3.8, 4) is 0 Å². The van der Waals surface area contributed by atoms with E-state index in [1.807, 2.05) is 0 Å². The molecule has 0 saturated heterocycles. The summed E-state index contributed by atoms with van der Waals surface area (Å²) >= 11 is 0.794. The molecule has 25 heteroatoms. The second-order valence-electron chi connectivity index (χ2n) is 12.9.